The predicted molar refractivity (Wildman–Crippen MR) is 87.8 cm³/mol. The van der Waals surface area contributed by atoms with E-state index in [-0.39, 0.29) is 10.8 Å². The fraction of sp³-hybridized carbons (Fsp3) is 0.533. The van der Waals surface area contributed by atoms with Crippen LogP contribution in [0.25, 0.3) is 0 Å². The van der Waals surface area contributed by atoms with Crippen molar-refractivity contribution < 1.29 is 5.06 Å². The Morgan fingerprint density at radius 1 is 1.45 bits per heavy atom. The van der Waals surface area contributed by atoms with Gasteiger partial charge >= 0.3 is 0 Å². The van der Waals surface area contributed by atoms with Crippen molar-refractivity contribution in [3.05, 3.63) is 33.4 Å². The van der Waals surface area contributed by atoms with Crippen LogP contribution in [-0.2, 0) is 12.8 Å². The molecule has 2 N–H and O–H groups in total. The molecule has 0 bridgehead atoms. The molecule has 2 unspecified atom stereocenters. The lowest BCUT2D eigenvalue weighted by molar-refractivity contribution is -0.809. The summed E-state index contributed by atoms with van der Waals surface area (Å²) in [4.78, 5) is 17.1. The number of likely N-dealkylation sites (N-methyl/N-ethyl adjacent to an activating group) is 1. The van der Waals surface area contributed by atoms with Gasteiger partial charge in [-0.1, -0.05) is 6.07 Å². The van der Waals surface area contributed by atoms with Crippen molar-refractivity contribution in [3.63, 3.8) is 0 Å². The molecule has 0 fully saturated rings. The Hall–Kier alpha value is -1.67. The normalized spacial score (nSPS) is 16.4. The van der Waals surface area contributed by atoms with Gasteiger partial charge in [-0.25, -0.2) is 10.3 Å². The molecule has 1 aliphatic carbocycles. The van der Waals surface area contributed by atoms with Crippen LogP contribution >= 0.6 is 0 Å². The van der Waals surface area contributed by atoms with Crippen molar-refractivity contribution in [1.29, 1.82) is 0 Å². The van der Waals surface area contributed by atoms with Gasteiger partial charge in [-0.2, -0.15) is 0 Å². The van der Waals surface area contributed by atoms with Crippen LogP contribution < -0.4 is 10.4 Å². The van der Waals surface area contributed by atoms with Crippen LogP contribution in [-0.4, -0.2) is 45.1 Å². The van der Waals surface area contributed by atoms with Crippen LogP contribution in [0, 0.1) is 10.1 Å². The first kappa shape index (κ1) is 16.7. The van der Waals surface area contributed by atoms with Gasteiger partial charge in [-0.3, -0.25) is 0 Å². The molecule has 0 saturated heterocycles. The van der Waals surface area contributed by atoms with Crippen LogP contribution in [0.15, 0.2) is 22.3 Å². The molecule has 0 aliphatic heterocycles. The lowest BCUT2D eigenvalue weighted by Crippen LogP contribution is -3.08. The van der Waals surface area contributed by atoms with Gasteiger partial charge < -0.3 is 15.2 Å². The summed E-state index contributed by atoms with van der Waals surface area (Å²) >= 11 is 0. The lowest BCUT2D eigenvalue weighted by atomic mass is 10.1. The molecule has 0 saturated carbocycles. The summed E-state index contributed by atoms with van der Waals surface area (Å²) in [6.45, 7) is 4.87. The molecule has 1 aliphatic rings. The van der Waals surface area contributed by atoms with E-state index in [1.165, 1.54) is 0 Å². The predicted octanol–water partition coefficient (Wildman–Crippen LogP) is 0.723. The van der Waals surface area contributed by atoms with E-state index < -0.39 is 6.29 Å². The van der Waals surface area contributed by atoms with E-state index in [1.54, 1.807) is 6.07 Å². The molecule has 120 valence electrons. The summed E-state index contributed by atoms with van der Waals surface area (Å²) in [6, 6.07) is 3.61. The molecule has 2 atom stereocenters. The second-order valence-electron chi connectivity index (χ2n) is 5.75. The average molecular weight is 305 g/mol. The molecule has 0 heterocycles. The zero-order valence-electron chi connectivity index (χ0n) is 13.1. The Labute approximate surface area is 130 Å². The Balaban J connectivity index is 2.18. The van der Waals surface area contributed by atoms with Gasteiger partial charge in [0.15, 0.2) is 11.4 Å². The van der Waals surface area contributed by atoms with Gasteiger partial charge in [0.2, 0.25) is 6.29 Å². The van der Waals surface area contributed by atoms with Crippen LogP contribution in [0.5, 0.6) is 0 Å². The third-order valence-electron chi connectivity index (χ3n) is 3.94. The molecule has 0 radical (unpaired) electrons. The second kappa shape index (κ2) is 7.55. The minimum atomic E-state index is -0.750. The number of quaternary nitrogens is 1. The van der Waals surface area contributed by atoms with E-state index in [1.807, 2.05) is 25.1 Å². The summed E-state index contributed by atoms with van der Waals surface area (Å²) in [5.41, 5.74) is 2.65. The number of hydrogen-bond acceptors (Lipinski definition) is 6. The maximum Gasteiger partial charge on any atom is 0.242 e. The van der Waals surface area contributed by atoms with E-state index >= 15 is 0 Å². The standard InChI is InChI=1S/C15H23N5O2/c1-16-15(17-9-10-19(2)3)20(22)13-8-7-11-5-4-6-12(11)14(13)18-21/h7-8,15,17,20H,1,4-6,9-10H2,2-3H3. The molecule has 0 spiro atoms. The highest BCUT2D eigenvalue weighted by Gasteiger charge is 2.25. The highest BCUT2D eigenvalue weighted by Crippen LogP contribution is 2.35. The third kappa shape index (κ3) is 3.56. The van der Waals surface area contributed by atoms with Gasteiger partial charge in [0.1, 0.15) is 0 Å². The number of nitrogens with zero attached hydrogens (tertiary/aromatic N) is 3. The van der Waals surface area contributed by atoms with E-state index in [2.05, 4.69) is 22.2 Å². The summed E-state index contributed by atoms with van der Waals surface area (Å²) < 4.78 is 0. The Morgan fingerprint density at radius 2 is 2.23 bits per heavy atom. The van der Waals surface area contributed by atoms with Crippen molar-refractivity contribution in [1.82, 2.24) is 10.2 Å². The molecule has 0 amide bonds. The monoisotopic (exact) mass is 305 g/mol. The van der Waals surface area contributed by atoms with Crippen LogP contribution in [0.2, 0.25) is 0 Å². The fourth-order valence-corrected chi connectivity index (χ4v) is 2.76. The largest absolute Gasteiger partial charge is 0.626 e. The SMILES string of the molecule is C=NC(NCCN(C)C)[NH+]([O-])c1ccc2c(c1N=O)CCC2. The number of hydroxylamine groups is 1. The molecular formula is C15H23N5O2. The molecule has 0 aromatic heterocycles. The minimum Gasteiger partial charge on any atom is -0.626 e. The fourth-order valence-electron chi connectivity index (χ4n) is 2.76. The quantitative estimate of drug-likeness (QED) is 0.321. The molecule has 1 aromatic rings. The molecule has 7 nitrogen and oxygen atoms in total. The summed E-state index contributed by atoms with van der Waals surface area (Å²) in [5, 5.41) is 18.5. The van der Waals surface area contributed by atoms with E-state index in [9.17, 15) is 10.1 Å². The van der Waals surface area contributed by atoms with Gasteiger partial charge in [-0.15, -0.1) is 4.91 Å². The van der Waals surface area contributed by atoms with E-state index in [0.29, 0.717) is 12.2 Å². The van der Waals surface area contributed by atoms with Crippen molar-refractivity contribution in [2.24, 2.45) is 10.2 Å². The second-order valence-corrected chi connectivity index (χ2v) is 5.75. The number of rotatable bonds is 8. The number of aryl methyl sites for hydroxylation is 1. The number of nitroso groups, excluding NO2 is 1. The van der Waals surface area contributed by atoms with Gasteiger partial charge in [0.05, 0.1) is 0 Å². The number of fused-ring (bicyclic) bond motifs is 1. The van der Waals surface area contributed by atoms with Gasteiger partial charge in [0, 0.05) is 19.2 Å². The number of aliphatic imine (C=N–C) groups is 1. The minimum absolute atomic E-state index is 0.252. The van der Waals surface area contributed by atoms with Gasteiger partial charge in [0.25, 0.3) is 0 Å². The molecular weight excluding hydrogens is 282 g/mol. The van der Waals surface area contributed by atoms with Crippen molar-refractivity contribution in [2.45, 2.75) is 25.6 Å². The maximum atomic E-state index is 12.6. The zero-order chi connectivity index (χ0) is 16.1. The summed E-state index contributed by atoms with van der Waals surface area (Å²) in [5.74, 6) is 0. The number of benzene rings is 1. The third-order valence-corrected chi connectivity index (χ3v) is 3.94. The Kier molecular flexibility index (Phi) is 5.73. The summed E-state index contributed by atoms with van der Waals surface area (Å²) in [6.07, 6.45) is 1.99. The first-order chi connectivity index (χ1) is 10.6. The van der Waals surface area contributed by atoms with Crippen molar-refractivity contribution in [3.8, 4) is 0 Å². The topological polar surface area (TPSA) is 84.6 Å². The van der Waals surface area contributed by atoms with Crippen LogP contribution in [0.1, 0.15) is 17.5 Å². The average Bonchev–Trinajstić information content (AvgIpc) is 2.98. The molecule has 1 aromatic carbocycles. The first-order valence-electron chi connectivity index (χ1n) is 7.44. The molecule has 22 heavy (non-hydrogen) atoms. The molecule has 7 heteroatoms. The van der Waals surface area contributed by atoms with Gasteiger partial charge in [-0.05, 0) is 56.4 Å². The van der Waals surface area contributed by atoms with Crippen LogP contribution in [0.4, 0.5) is 11.4 Å². The number of hydrogen-bond donors (Lipinski definition) is 2. The Morgan fingerprint density at radius 3 is 2.86 bits per heavy atom. The lowest BCUT2D eigenvalue weighted by Gasteiger charge is -2.29. The van der Waals surface area contributed by atoms with Crippen molar-refractivity contribution >= 4 is 18.1 Å². The van der Waals surface area contributed by atoms with Crippen LogP contribution in [0.3, 0.4) is 0 Å². The van der Waals surface area contributed by atoms with Crippen molar-refractivity contribution in [2.75, 3.05) is 27.2 Å². The maximum absolute atomic E-state index is 12.6. The van der Waals surface area contributed by atoms with E-state index in [4.69, 9.17) is 0 Å². The van der Waals surface area contributed by atoms with E-state index in [0.717, 1.165) is 36.9 Å². The smallest absolute Gasteiger partial charge is 0.242 e. The summed E-state index contributed by atoms with van der Waals surface area (Å²) in [7, 11) is 3.91. The highest BCUT2D eigenvalue weighted by molar-refractivity contribution is 5.65. The highest BCUT2D eigenvalue weighted by atomic mass is 16.5. The number of nitrogens with one attached hydrogen (secondary N) is 2. The first-order valence-corrected chi connectivity index (χ1v) is 7.44. The zero-order valence-corrected chi connectivity index (χ0v) is 13.1. The Bertz CT molecular complexity index is 547. The molecule has 2 rings (SSSR count).